The molecule has 1 aromatic carbocycles. The Labute approximate surface area is 158 Å². The maximum atomic E-state index is 12.2. The van der Waals surface area contributed by atoms with Crippen molar-refractivity contribution in [2.75, 3.05) is 0 Å². The predicted molar refractivity (Wildman–Crippen MR) is 102 cm³/mol. The molecule has 0 aliphatic rings. The zero-order chi connectivity index (χ0) is 18.8. The highest BCUT2D eigenvalue weighted by atomic mass is 32.1. The molecule has 0 saturated heterocycles. The van der Waals surface area contributed by atoms with Gasteiger partial charge in [0.15, 0.2) is 0 Å². The van der Waals surface area contributed by atoms with Gasteiger partial charge in [0, 0.05) is 11.1 Å². The van der Waals surface area contributed by atoms with Gasteiger partial charge in [-0.3, -0.25) is 9.59 Å². The van der Waals surface area contributed by atoms with Crippen LogP contribution in [0.4, 0.5) is 0 Å². The summed E-state index contributed by atoms with van der Waals surface area (Å²) in [6, 6.07) is 11.2. The quantitative estimate of drug-likeness (QED) is 0.554. The monoisotopic (exact) mass is 380 g/mol. The number of nitrogens with zero attached hydrogens (tertiary/aromatic N) is 2. The highest BCUT2D eigenvalue weighted by molar-refractivity contribution is 7.13. The SMILES string of the molecule is Cc1cc2cc(CC(=O)NCc3nc(-c4cccs4)no3)ccc2[nH]c1=O. The second-order valence-corrected chi connectivity index (χ2v) is 7.09. The van der Waals surface area contributed by atoms with Crippen molar-refractivity contribution >= 4 is 28.1 Å². The van der Waals surface area contributed by atoms with E-state index in [1.807, 2.05) is 41.8 Å². The van der Waals surface area contributed by atoms with Crippen LogP contribution in [0.3, 0.4) is 0 Å². The lowest BCUT2D eigenvalue weighted by atomic mass is 10.1. The van der Waals surface area contributed by atoms with Crippen molar-refractivity contribution in [2.45, 2.75) is 19.9 Å². The third-order valence-corrected chi connectivity index (χ3v) is 4.97. The number of thiophene rings is 1. The molecule has 7 nitrogen and oxygen atoms in total. The largest absolute Gasteiger partial charge is 0.347 e. The first-order chi connectivity index (χ1) is 13.1. The number of hydrogen-bond donors (Lipinski definition) is 2. The Morgan fingerprint density at radius 1 is 1.30 bits per heavy atom. The number of nitrogens with one attached hydrogen (secondary N) is 2. The smallest absolute Gasteiger partial charge is 0.251 e. The summed E-state index contributed by atoms with van der Waals surface area (Å²) in [5.41, 5.74) is 2.15. The lowest BCUT2D eigenvalue weighted by molar-refractivity contribution is -0.120. The molecule has 1 amide bonds. The van der Waals surface area contributed by atoms with Gasteiger partial charge in [-0.25, -0.2) is 0 Å². The second-order valence-electron chi connectivity index (χ2n) is 6.15. The Morgan fingerprint density at radius 3 is 3.00 bits per heavy atom. The van der Waals surface area contributed by atoms with E-state index in [2.05, 4.69) is 20.4 Å². The number of amides is 1. The number of hydrogen-bond acceptors (Lipinski definition) is 6. The Balaban J connectivity index is 1.40. The summed E-state index contributed by atoms with van der Waals surface area (Å²) in [6.07, 6.45) is 0.222. The first-order valence-corrected chi connectivity index (χ1v) is 9.22. The molecule has 2 N–H and O–H groups in total. The molecule has 3 aromatic heterocycles. The van der Waals surface area contributed by atoms with Crippen LogP contribution in [0.15, 0.2) is 51.1 Å². The van der Waals surface area contributed by atoms with Gasteiger partial charge in [0.25, 0.3) is 5.56 Å². The van der Waals surface area contributed by atoms with Gasteiger partial charge < -0.3 is 14.8 Å². The zero-order valence-corrected chi connectivity index (χ0v) is 15.3. The van der Waals surface area contributed by atoms with Crippen LogP contribution in [-0.4, -0.2) is 21.0 Å². The average molecular weight is 380 g/mol. The first-order valence-electron chi connectivity index (χ1n) is 8.34. The fraction of sp³-hybridized carbons (Fsp3) is 0.158. The minimum Gasteiger partial charge on any atom is -0.347 e. The van der Waals surface area contributed by atoms with E-state index in [0.29, 0.717) is 17.3 Å². The van der Waals surface area contributed by atoms with Gasteiger partial charge in [-0.05, 0) is 47.5 Å². The van der Waals surface area contributed by atoms with E-state index >= 15 is 0 Å². The number of aryl methyl sites for hydroxylation is 1. The fourth-order valence-electron chi connectivity index (χ4n) is 2.73. The van der Waals surface area contributed by atoms with Gasteiger partial charge in [-0.2, -0.15) is 4.98 Å². The standard InChI is InChI=1S/C19H16N4O3S/c1-11-7-13-8-12(4-5-14(13)21-19(11)25)9-16(24)20-10-17-22-18(23-26-17)15-3-2-6-27-15/h2-8H,9-10H2,1H3,(H,20,24)(H,21,25). The minimum absolute atomic E-state index is 0.102. The molecule has 8 heteroatoms. The van der Waals surface area contributed by atoms with Gasteiger partial charge in [0.1, 0.15) is 0 Å². The molecule has 3 heterocycles. The summed E-state index contributed by atoms with van der Waals surface area (Å²) in [5, 5.41) is 9.54. The van der Waals surface area contributed by atoms with Crippen molar-refractivity contribution in [1.29, 1.82) is 0 Å². The molecule has 0 saturated carbocycles. The Kier molecular flexibility index (Phi) is 4.55. The van der Waals surface area contributed by atoms with E-state index in [0.717, 1.165) is 21.3 Å². The molecule has 136 valence electrons. The van der Waals surface area contributed by atoms with Gasteiger partial charge in [0.2, 0.25) is 17.6 Å². The highest BCUT2D eigenvalue weighted by Gasteiger charge is 2.11. The average Bonchev–Trinajstić information content (AvgIpc) is 3.33. The normalized spacial score (nSPS) is 11.0. The third-order valence-electron chi connectivity index (χ3n) is 4.11. The molecular weight excluding hydrogens is 364 g/mol. The third kappa shape index (κ3) is 3.80. The molecule has 27 heavy (non-hydrogen) atoms. The summed E-state index contributed by atoms with van der Waals surface area (Å²) >= 11 is 1.52. The van der Waals surface area contributed by atoms with Crippen LogP contribution in [0, 0.1) is 6.92 Å². The molecule has 0 unspecified atom stereocenters. The summed E-state index contributed by atoms with van der Waals surface area (Å²) in [4.78, 5) is 31.9. The lowest BCUT2D eigenvalue weighted by Gasteiger charge is -2.05. The van der Waals surface area contributed by atoms with Crippen molar-refractivity contribution in [2.24, 2.45) is 0 Å². The zero-order valence-electron chi connectivity index (χ0n) is 14.5. The van der Waals surface area contributed by atoms with E-state index in [-0.39, 0.29) is 24.4 Å². The maximum absolute atomic E-state index is 12.2. The van der Waals surface area contributed by atoms with Crippen LogP contribution in [0.5, 0.6) is 0 Å². The van der Waals surface area contributed by atoms with E-state index in [1.54, 1.807) is 6.92 Å². The summed E-state index contributed by atoms with van der Waals surface area (Å²) in [6.45, 7) is 1.93. The molecular formula is C19H16N4O3S. The molecule has 0 atom stereocenters. The topological polar surface area (TPSA) is 101 Å². The van der Waals surface area contributed by atoms with Crippen molar-refractivity contribution < 1.29 is 9.32 Å². The summed E-state index contributed by atoms with van der Waals surface area (Å²) in [7, 11) is 0. The van der Waals surface area contributed by atoms with Gasteiger partial charge >= 0.3 is 0 Å². The van der Waals surface area contributed by atoms with E-state index in [1.165, 1.54) is 11.3 Å². The second kappa shape index (κ2) is 7.16. The van der Waals surface area contributed by atoms with Crippen molar-refractivity contribution in [3.05, 3.63) is 69.1 Å². The van der Waals surface area contributed by atoms with Crippen LogP contribution in [0.1, 0.15) is 17.0 Å². The molecule has 0 aliphatic heterocycles. The van der Waals surface area contributed by atoms with E-state index in [9.17, 15) is 9.59 Å². The molecule has 4 rings (SSSR count). The Morgan fingerprint density at radius 2 is 2.19 bits per heavy atom. The van der Waals surface area contributed by atoms with Gasteiger partial charge in [0.05, 0.1) is 17.8 Å². The van der Waals surface area contributed by atoms with Gasteiger partial charge in [-0.1, -0.05) is 17.3 Å². The van der Waals surface area contributed by atoms with Crippen LogP contribution >= 0.6 is 11.3 Å². The van der Waals surface area contributed by atoms with Crippen LogP contribution < -0.4 is 10.9 Å². The molecule has 0 radical (unpaired) electrons. The predicted octanol–water partition coefficient (Wildman–Crippen LogP) is 2.81. The van der Waals surface area contributed by atoms with Gasteiger partial charge in [-0.15, -0.1) is 11.3 Å². The maximum Gasteiger partial charge on any atom is 0.251 e. The Bertz CT molecular complexity index is 1160. The number of pyridine rings is 1. The minimum atomic E-state index is -0.147. The molecule has 0 aliphatic carbocycles. The first kappa shape index (κ1) is 17.2. The summed E-state index contributed by atoms with van der Waals surface area (Å²) < 4.78 is 5.17. The number of aromatic amines is 1. The number of fused-ring (bicyclic) bond motifs is 1. The lowest BCUT2D eigenvalue weighted by Crippen LogP contribution is -2.24. The molecule has 0 fully saturated rings. The number of aromatic nitrogens is 3. The number of benzene rings is 1. The Hall–Kier alpha value is -3.26. The number of rotatable bonds is 5. The molecule has 4 aromatic rings. The number of carbonyl (C=O) groups excluding carboxylic acids is 1. The van der Waals surface area contributed by atoms with Crippen LogP contribution in [0.2, 0.25) is 0 Å². The molecule has 0 spiro atoms. The highest BCUT2D eigenvalue weighted by Crippen LogP contribution is 2.21. The van der Waals surface area contributed by atoms with Crippen LogP contribution in [-0.2, 0) is 17.8 Å². The molecule has 0 bridgehead atoms. The van der Waals surface area contributed by atoms with E-state index in [4.69, 9.17) is 4.52 Å². The number of H-pyrrole nitrogens is 1. The van der Waals surface area contributed by atoms with Crippen LogP contribution in [0.25, 0.3) is 21.6 Å². The van der Waals surface area contributed by atoms with Crippen molar-refractivity contribution in [3.8, 4) is 10.7 Å². The fourth-order valence-corrected chi connectivity index (χ4v) is 3.38. The van der Waals surface area contributed by atoms with Crippen molar-refractivity contribution in [3.63, 3.8) is 0 Å². The van der Waals surface area contributed by atoms with E-state index < -0.39 is 0 Å². The summed E-state index contributed by atoms with van der Waals surface area (Å²) in [5.74, 6) is 0.734. The van der Waals surface area contributed by atoms with Crippen molar-refractivity contribution in [1.82, 2.24) is 20.4 Å². The number of carbonyl (C=O) groups is 1.